The minimum absolute atomic E-state index is 0.108. The van der Waals surface area contributed by atoms with Crippen LogP contribution < -0.4 is 5.32 Å². The minimum atomic E-state index is -0.516. The average molecular weight is 448 g/mol. The molecule has 0 spiro atoms. The lowest BCUT2D eigenvalue weighted by Gasteiger charge is -1.98. The molecule has 2 aromatic heterocycles. The van der Waals surface area contributed by atoms with Crippen molar-refractivity contribution < 1.29 is 19.2 Å². The monoisotopic (exact) mass is 447 g/mol. The molecule has 2 heterocycles. The molecule has 0 atom stereocenters. The molecule has 0 bridgehead atoms. The number of amides is 1. The number of aromatic nitrogens is 1. The number of rotatable bonds is 4. The molecule has 0 aliphatic heterocycles. The van der Waals surface area contributed by atoms with Crippen LogP contribution >= 0.6 is 34.3 Å². The van der Waals surface area contributed by atoms with Crippen LogP contribution in [0.1, 0.15) is 20.0 Å². The van der Waals surface area contributed by atoms with E-state index < -0.39 is 16.8 Å². The molecule has 8 nitrogen and oxygen atoms in total. The molecule has 29 heavy (non-hydrogen) atoms. The normalized spacial score (nSPS) is 11.0. The number of thiazole rings is 1. The maximum absolute atomic E-state index is 12.7. The van der Waals surface area contributed by atoms with E-state index >= 15 is 0 Å². The molecule has 11 heteroatoms. The number of hydrogen-bond donors (Lipinski definition) is 1. The Morgan fingerprint density at radius 2 is 2.03 bits per heavy atom. The zero-order valence-electron chi connectivity index (χ0n) is 14.6. The second-order valence-corrected chi connectivity index (χ2v) is 8.23. The van der Waals surface area contributed by atoms with Crippen molar-refractivity contribution in [2.75, 3.05) is 12.4 Å². The number of fused-ring (bicyclic) bond motifs is 2. The second-order valence-electron chi connectivity index (χ2n) is 5.80. The summed E-state index contributed by atoms with van der Waals surface area (Å²) in [5.74, 6) is -0.984. The van der Waals surface area contributed by atoms with Crippen LogP contribution in [0.25, 0.3) is 20.3 Å². The molecule has 0 radical (unpaired) electrons. The molecular formula is C18H10ClN3O5S2. The first kappa shape index (κ1) is 19.2. The quantitative estimate of drug-likeness (QED) is 0.264. The second kappa shape index (κ2) is 7.39. The van der Waals surface area contributed by atoms with Gasteiger partial charge < -0.3 is 4.74 Å². The fraction of sp³-hybridized carbons (Fsp3) is 0.0556. The van der Waals surface area contributed by atoms with Gasteiger partial charge in [-0.3, -0.25) is 20.2 Å². The largest absolute Gasteiger partial charge is 0.465 e. The number of hydrogen-bond acceptors (Lipinski definition) is 8. The van der Waals surface area contributed by atoms with Gasteiger partial charge in [0.15, 0.2) is 5.13 Å². The third kappa shape index (κ3) is 3.41. The van der Waals surface area contributed by atoms with Gasteiger partial charge in [-0.15, -0.1) is 11.3 Å². The molecule has 0 saturated heterocycles. The van der Waals surface area contributed by atoms with Gasteiger partial charge in [0, 0.05) is 11.5 Å². The smallest absolute Gasteiger partial charge is 0.337 e. The van der Waals surface area contributed by atoms with E-state index in [1.54, 1.807) is 24.3 Å². The van der Waals surface area contributed by atoms with Crippen LogP contribution in [0.2, 0.25) is 5.02 Å². The Hall–Kier alpha value is -3.08. The molecule has 0 aliphatic carbocycles. The van der Waals surface area contributed by atoms with E-state index in [0.717, 1.165) is 11.3 Å². The van der Waals surface area contributed by atoms with Crippen molar-refractivity contribution in [3.63, 3.8) is 0 Å². The topological polar surface area (TPSA) is 111 Å². The van der Waals surface area contributed by atoms with Crippen molar-refractivity contribution in [2.45, 2.75) is 0 Å². The van der Waals surface area contributed by atoms with Gasteiger partial charge >= 0.3 is 5.97 Å². The Bertz CT molecular complexity index is 1310. The molecule has 2 aromatic carbocycles. The van der Waals surface area contributed by atoms with Crippen LogP contribution in [-0.2, 0) is 4.74 Å². The molecule has 0 fully saturated rings. The van der Waals surface area contributed by atoms with Gasteiger partial charge in [-0.25, -0.2) is 9.78 Å². The maximum atomic E-state index is 12.7. The number of nitro groups is 1. The first-order valence-electron chi connectivity index (χ1n) is 8.04. The summed E-state index contributed by atoms with van der Waals surface area (Å²) >= 11 is 8.44. The number of anilines is 1. The summed E-state index contributed by atoms with van der Waals surface area (Å²) in [6.07, 6.45) is 0. The van der Waals surface area contributed by atoms with Crippen LogP contribution in [0, 0.1) is 10.1 Å². The molecule has 4 rings (SSSR count). The highest BCUT2D eigenvalue weighted by atomic mass is 35.5. The number of benzene rings is 2. The average Bonchev–Trinajstić information content (AvgIpc) is 3.26. The molecule has 146 valence electrons. The number of nitrogens with zero attached hydrogens (tertiary/aromatic N) is 2. The summed E-state index contributed by atoms with van der Waals surface area (Å²) in [5, 5.41) is 14.8. The predicted molar refractivity (Wildman–Crippen MR) is 112 cm³/mol. The molecule has 0 unspecified atom stereocenters. The van der Waals surface area contributed by atoms with E-state index in [9.17, 15) is 19.7 Å². The van der Waals surface area contributed by atoms with Gasteiger partial charge in [-0.05, 0) is 18.2 Å². The van der Waals surface area contributed by atoms with Crippen molar-refractivity contribution in [2.24, 2.45) is 0 Å². The van der Waals surface area contributed by atoms with Crippen LogP contribution in [-0.4, -0.2) is 28.9 Å². The first-order chi connectivity index (χ1) is 13.9. The number of methoxy groups -OCH3 is 1. The van der Waals surface area contributed by atoms with Crippen LogP contribution in [0.3, 0.4) is 0 Å². The van der Waals surface area contributed by atoms with Crippen molar-refractivity contribution >= 4 is 77.3 Å². The number of thiophene rings is 1. The summed E-state index contributed by atoms with van der Waals surface area (Å²) in [7, 11) is 1.30. The highest BCUT2D eigenvalue weighted by molar-refractivity contribution is 7.23. The highest BCUT2D eigenvalue weighted by Gasteiger charge is 2.23. The van der Waals surface area contributed by atoms with E-state index in [0.29, 0.717) is 31.0 Å². The lowest BCUT2D eigenvalue weighted by atomic mass is 10.2. The van der Waals surface area contributed by atoms with Gasteiger partial charge in [0.05, 0.1) is 32.8 Å². The molecule has 4 aromatic rings. The summed E-state index contributed by atoms with van der Waals surface area (Å²) in [6.45, 7) is 0. The Labute approximate surface area is 175 Å². The van der Waals surface area contributed by atoms with E-state index in [1.807, 2.05) is 0 Å². The number of non-ortho nitro benzene ring substituents is 1. The third-order valence-electron chi connectivity index (χ3n) is 4.07. The van der Waals surface area contributed by atoms with E-state index in [1.165, 1.54) is 30.6 Å². The maximum Gasteiger partial charge on any atom is 0.337 e. The van der Waals surface area contributed by atoms with Gasteiger partial charge in [-0.1, -0.05) is 35.1 Å². The zero-order chi connectivity index (χ0) is 20.7. The van der Waals surface area contributed by atoms with Crippen molar-refractivity contribution in [3.8, 4) is 0 Å². The molecule has 1 amide bonds. The van der Waals surface area contributed by atoms with Crippen LogP contribution in [0.15, 0.2) is 36.4 Å². The van der Waals surface area contributed by atoms with E-state index in [4.69, 9.17) is 16.3 Å². The van der Waals surface area contributed by atoms with Crippen molar-refractivity contribution in [1.29, 1.82) is 0 Å². The third-order valence-corrected chi connectivity index (χ3v) is 6.73. The molecule has 0 aliphatic rings. The highest BCUT2D eigenvalue weighted by Crippen LogP contribution is 2.40. The van der Waals surface area contributed by atoms with Gasteiger partial charge in [0.1, 0.15) is 9.58 Å². The van der Waals surface area contributed by atoms with Gasteiger partial charge in [0.25, 0.3) is 11.6 Å². The Morgan fingerprint density at radius 1 is 1.24 bits per heavy atom. The molecule has 0 saturated carbocycles. The van der Waals surface area contributed by atoms with Crippen LogP contribution in [0.4, 0.5) is 10.8 Å². The Kier molecular flexibility index (Phi) is 4.91. The Morgan fingerprint density at radius 3 is 2.76 bits per heavy atom. The lowest BCUT2D eigenvalue weighted by Crippen LogP contribution is -2.10. The first-order valence-corrected chi connectivity index (χ1v) is 10.1. The van der Waals surface area contributed by atoms with Crippen LogP contribution in [0.5, 0.6) is 0 Å². The number of nitrogens with one attached hydrogen (secondary N) is 1. The van der Waals surface area contributed by atoms with Gasteiger partial charge in [0.2, 0.25) is 0 Å². The number of esters is 1. The van der Waals surface area contributed by atoms with E-state index in [-0.39, 0.29) is 15.6 Å². The van der Waals surface area contributed by atoms with Crippen molar-refractivity contribution in [1.82, 2.24) is 4.98 Å². The van der Waals surface area contributed by atoms with E-state index in [2.05, 4.69) is 10.3 Å². The molecular weight excluding hydrogens is 438 g/mol. The Balaban J connectivity index is 1.67. The van der Waals surface area contributed by atoms with Crippen molar-refractivity contribution in [3.05, 3.63) is 62.0 Å². The number of carbonyl (C=O) groups is 2. The summed E-state index contributed by atoms with van der Waals surface area (Å²) in [4.78, 5) is 39.6. The lowest BCUT2D eigenvalue weighted by molar-refractivity contribution is -0.382. The number of carbonyl (C=O) groups excluding carboxylic acids is 2. The number of ether oxygens (including phenoxy) is 1. The minimum Gasteiger partial charge on any atom is -0.465 e. The molecule has 1 N–H and O–H groups in total. The zero-order valence-corrected chi connectivity index (χ0v) is 17.0. The SMILES string of the molecule is COC(=O)c1ccc2nc(NC(=O)c3sc4c([N+](=O)[O-])cccc4c3Cl)sc2c1. The van der Waals surface area contributed by atoms with Gasteiger partial charge in [-0.2, -0.15) is 0 Å². The number of halogens is 1. The summed E-state index contributed by atoms with van der Waals surface area (Å²) < 4.78 is 5.73. The summed E-state index contributed by atoms with van der Waals surface area (Å²) in [5.41, 5.74) is 0.876. The summed E-state index contributed by atoms with van der Waals surface area (Å²) in [6, 6.07) is 9.38. The number of nitro benzene ring substituents is 1. The predicted octanol–water partition coefficient (Wildman–Crippen LogP) is 5.11. The fourth-order valence-electron chi connectivity index (χ4n) is 2.74. The fourth-order valence-corrected chi connectivity index (χ4v) is 5.13. The standard InChI is InChI=1S/C18H10ClN3O5S2/c1-27-17(24)8-5-6-10-12(7-8)28-18(20-10)21-16(23)15-13(19)9-3-2-4-11(22(25)26)14(9)29-15/h2-7H,1H3,(H,20,21,23).